The molecule has 4 amide bonds. The van der Waals surface area contributed by atoms with E-state index in [1.54, 1.807) is 52.0 Å². The summed E-state index contributed by atoms with van der Waals surface area (Å²) in [6, 6.07) is 9.93. The van der Waals surface area contributed by atoms with Crippen LogP contribution in [0.15, 0.2) is 48.5 Å². The Labute approximate surface area is 215 Å². The minimum absolute atomic E-state index is 0.150. The monoisotopic (exact) mass is 514 g/mol. The van der Waals surface area contributed by atoms with E-state index < -0.39 is 54.5 Å². The van der Waals surface area contributed by atoms with Crippen molar-refractivity contribution >= 4 is 29.5 Å². The van der Waals surface area contributed by atoms with Crippen molar-refractivity contribution in [2.45, 2.75) is 51.8 Å². The summed E-state index contributed by atoms with van der Waals surface area (Å²) in [5.74, 6) is -2.52. The number of benzene rings is 2. The quantitative estimate of drug-likeness (QED) is 0.322. The zero-order chi connectivity index (χ0) is 27.8. The highest BCUT2D eigenvalue weighted by Crippen LogP contribution is 2.27. The van der Waals surface area contributed by atoms with Crippen LogP contribution in [0.4, 0.5) is 10.5 Å². The van der Waals surface area contributed by atoms with Gasteiger partial charge in [0.05, 0.1) is 13.0 Å². The van der Waals surface area contributed by atoms with Gasteiger partial charge in [-0.25, -0.2) is 4.79 Å². The van der Waals surface area contributed by atoms with Gasteiger partial charge in [0.15, 0.2) is 0 Å². The lowest BCUT2D eigenvalue weighted by molar-refractivity contribution is -0.142. The minimum atomic E-state index is -1.48. The van der Waals surface area contributed by atoms with Gasteiger partial charge in [0.1, 0.15) is 23.4 Å². The average Bonchev–Trinajstić information content (AvgIpc) is 2.78. The van der Waals surface area contributed by atoms with Crippen molar-refractivity contribution in [3.8, 4) is 5.75 Å². The van der Waals surface area contributed by atoms with E-state index in [0.29, 0.717) is 5.69 Å². The van der Waals surface area contributed by atoms with Gasteiger partial charge >= 0.3 is 6.09 Å². The summed E-state index contributed by atoms with van der Waals surface area (Å²) in [4.78, 5) is 52.5. The summed E-state index contributed by atoms with van der Waals surface area (Å²) in [7, 11) is 0. The normalized spacial score (nSPS) is 12.7. The van der Waals surface area contributed by atoms with E-state index >= 15 is 0 Å². The maximum atomic E-state index is 13.7. The first-order chi connectivity index (χ1) is 17.3. The van der Waals surface area contributed by atoms with Crippen LogP contribution in [-0.4, -0.2) is 63.7 Å². The second-order valence-corrected chi connectivity index (χ2v) is 9.43. The van der Waals surface area contributed by atoms with Crippen LogP contribution in [0.25, 0.3) is 0 Å². The molecular weight excluding hydrogens is 480 g/mol. The van der Waals surface area contributed by atoms with Crippen LogP contribution in [0.5, 0.6) is 5.75 Å². The molecule has 2 aromatic carbocycles. The Kier molecular flexibility index (Phi) is 10.0. The van der Waals surface area contributed by atoms with Crippen molar-refractivity contribution in [1.29, 1.82) is 0 Å². The Hall–Kier alpha value is -4.12. The van der Waals surface area contributed by atoms with Gasteiger partial charge < -0.3 is 36.2 Å². The van der Waals surface area contributed by atoms with Crippen LogP contribution in [0.3, 0.4) is 0 Å². The molecule has 0 radical (unpaired) electrons. The Morgan fingerprint density at radius 1 is 1.08 bits per heavy atom. The number of aliphatic hydroxyl groups is 1. The highest BCUT2D eigenvalue weighted by atomic mass is 16.6. The number of aryl methyl sites for hydroxylation is 1. The fourth-order valence-corrected chi connectivity index (χ4v) is 3.61. The molecule has 11 nitrogen and oxygen atoms in total. The number of carbonyl (C=O) groups is 4. The molecule has 6 N–H and O–H groups in total. The molecular formula is C26H34N4O7. The van der Waals surface area contributed by atoms with Crippen LogP contribution >= 0.6 is 0 Å². The molecule has 2 unspecified atom stereocenters. The number of nitrogens with one attached hydrogen (secondary N) is 2. The number of amides is 4. The second kappa shape index (κ2) is 12.7. The zero-order valence-electron chi connectivity index (χ0n) is 21.4. The minimum Gasteiger partial charge on any atom is -0.508 e. The number of phenolic OH excluding ortho intramolecular Hbond substituents is 1. The summed E-state index contributed by atoms with van der Waals surface area (Å²) in [6.45, 7) is 5.82. The van der Waals surface area contributed by atoms with Gasteiger partial charge in [0.2, 0.25) is 11.8 Å². The number of para-hydroxylation sites is 1. The summed E-state index contributed by atoms with van der Waals surface area (Å²) >= 11 is 0. The first kappa shape index (κ1) is 29.1. The number of carbonyl (C=O) groups excluding carboxylic acids is 4. The SMILES string of the molecule is Cc1ccccc1NC(=O)C(c1cccc(O)c1)N(CCO)C(=O)C(CC(N)=O)NC(=O)OC(C)(C)C. The zero-order valence-corrected chi connectivity index (χ0v) is 21.4. The maximum Gasteiger partial charge on any atom is 0.408 e. The molecule has 200 valence electrons. The molecule has 0 saturated heterocycles. The molecule has 0 heterocycles. The lowest BCUT2D eigenvalue weighted by atomic mass is 10.0. The number of hydrogen-bond donors (Lipinski definition) is 5. The Morgan fingerprint density at radius 2 is 1.76 bits per heavy atom. The van der Waals surface area contributed by atoms with E-state index in [1.165, 1.54) is 24.3 Å². The molecule has 0 aliphatic heterocycles. The van der Waals surface area contributed by atoms with Gasteiger partial charge in [-0.2, -0.15) is 0 Å². The number of nitrogens with zero attached hydrogens (tertiary/aromatic N) is 1. The topological polar surface area (TPSA) is 171 Å². The molecule has 2 aromatic rings. The fraction of sp³-hybridized carbons (Fsp3) is 0.385. The number of aromatic hydroxyl groups is 1. The molecule has 2 atom stereocenters. The third-order valence-corrected chi connectivity index (χ3v) is 5.17. The highest BCUT2D eigenvalue weighted by molar-refractivity contribution is 6.00. The van der Waals surface area contributed by atoms with Crippen molar-refractivity contribution in [2.75, 3.05) is 18.5 Å². The average molecular weight is 515 g/mol. The van der Waals surface area contributed by atoms with E-state index in [9.17, 15) is 29.4 Å². The number of hydrogen-bond acceptors (Lipinski definition) is 7. The van der Waals surface area contributed by atoms with E-state index in [0.717, 1.165) is 10.5 Å². The van der Waals surface area contributed by atoms with Crippen molar-refractivity contribution in [2.24, 2.45) is 5.73 Å². The van der Waals surface area contributed by atoms with E-state index in [2.05, 4.69) is 10.6 Å². The van der Waals surface area contributed by atoms with Crippen molar-refractivity contribution in [3.05, 3.63) is 59.7 Å². The molecule has 0 aromatic heterocycles. The Morgan fingerprint density at radius 3 is 2.32 bits per heavy atom. The number of aliphatic hydroxyl groups excluding tert-OH is 1. The van der Waals surface area contributed by atoms with Crippen LogP contribution in [-0.2, 0) is 19.1 Å². The molecule has 0 saturated carbocycles. The molecule has 37 heavy (non-hydrogen) atoms. The standard InChI is InChI=1S/C26H34N4O7/c1-16-8-5-6-11-19(16)28-23(34)22(17-9-7-10-18(32)14-17)30(12-13-31)24(35)20(15-21(27)33)29-25(36)37-26(2,3)4/h5-11,14,20,22,31-32H,12-13,15H2,1-4H3,(H2,27,33)(H,28,34)(H,29,36). The largest absolute Gasteiger partial charge is 0.508 e. The lowest BCUT2D eigenvalue weighted by Crippen LogP contribution is -2.54. The third kappa shape index (κ3) is 8.80. The van der Waals surface area contributed by atoms with Gasteiger partial charge in [-0.3, -0.25) is 14.4 Å². The number of rotatable bonds is 10. The summed E-state index contributed by atoms with van der Waals surface area (Å²) < 4.78 is 5.21. The van der Waals surface area contributed by atoms with Crippen LogP contribution in [0, 0.1) is 6.92 Å². The number of ether oxygens (including phenoxy) is 1. The van der Waals surface area contributed by atoms with Gasteiger partial charge in [-0.1, -0.05) is 30.3 Å². The smallest absolute Gasteiger partial charge is 0.408 e. The predicted octanol–water partition coefficient (Wildman–Crippen LogP) is 1.97. The van der Waals surface area contributed by atoms with Crippen LogP contribution < -0.4 is 16.4 Å². The summed E-state index contributed by atoms with van der Waals surface area (Å²) in [5.41, 5.74) is 5.95. The van der Waals surface area contributed by atoms with Crippen molar-refractivity contribution in [3.63, 3.8) is 0 Å². The summed E-state index contributed by atoms with van der Waals surface area (Å²) in [6.07, 6.45) is -1.54. The Bertz CT molecular complexity index is 1130. The van der Waals surface area contributed by atoms with E-state index in [1.807, 2.05) is 0 Å². The summed E-state index contributed by atoms with van der Waals surface area (Å²) in [5, 5.41) is 25.0. The second-order valence-electron chi connectivity index (χ2n) is 9.43. The number of alkyl carbamates (subject to hydrolysis) is 1. The third-order valence-electron chi connectivity index (χ3n) is 5.17. The number of primary amides is 1. The highest BCUT2D eigenvalue weighted by Gasteiger charge is 2.37. The number of anilines is 1. The number of phenols is 1. The van der Waals surface area contributed by atoms with Gasteiger partial charge in [-0.15, -0.1) is 0 Å². The van der Waals surface area contributed by atoms with E-state index in [4.69, 9.17) is 10.5 Å². The Balaban J connectivity index is 2.51. The molecule has 0 spiro atoms. The van der Waals surface area contributed by atoms with Crippen LogP contribution in [0.2, 0.25) is 0 Å². The fourth-order valence-electron chi connectivity index (χ4n) is 3.61. The predicted molar refractivity (Wildman–Crippen MR) is 136 cm³/mol. The molecule has 2 rings (SSSR count). The maximum absolute atomic E-state index is 13.7. The number of nitrogens with two attached hydrogens (primary N) is 1. The molecule has 0 fully saturated rings. The van der Waals surface area contributed by atoms with Crippen molar-refractivity contribution < 1.29 is 34.1 Å². The molecule has 0 aliphatic carbocycles. The molecule has 11 heteroatoms. The first-order valence-corrected chi connectivity index (χ1v) is 11.7. The van der Waals surface area contributed by atoms with Crippen LogP contribution in [0.1, 0.15) is 44.4 Å². The van der Waals surface area contributed by atoms with Gasteiger partial charge in [0, 0.05) is 12.2 Å². The first-order valence-electron chi connectivity index (χ1n) is 11.7. The molecule has 0 bridgehead atoms. The molecule has 0 aliphatic rings. The van der Waals surface area contributed by atoms with Gasteiger partial charge in [-0.05, 0) is 57.0 Å². The van der Waals surface area contributed by atoms with Crippen molar-refractivity contribution in [1.82, 2.24) is 10.2 Å². The van der Waals surface area contributed by atoms with Gasteiger partial charge in [0.25, 0.3) is 5.91 Å². The van der Waals surface area contributed by atoms with E-state index in [-0.39, 0.29) is 17.9 Å². The lowest BCUT2D eigenvalue weighted by Gasteiger charge is -2.34.